The molecular weight excluding hydrogens is 633 g/mol. The van der Waals surface area contributed by atoms with Crippen molar-refractivity contribution in [2.45, 2.75) is 158 Å². The molecule has 1 aromatic carbocycles. The molecule has 0 bridgehead atoms. The molecule has 6 heteroatoms. The summed E-state index contributed by atoms with van der Waals surface area (Å²) >= 11 is 0. The zero-order valence-electron chi connectivity index (χ0n) is 34.0. The number of amides is 2. The molecule has 6 rings (SSSR count). The van der Waals surface area contributed by atoms with E-state index in [0.29, 0.717) is 29.6 Å². The summed E-state index contributed by atoms with van der Waals surface area (Å²) in [6.07, 6.45) is 12.1. The summed E-state index contributed by atoms with van der Waals surface area (Å²) in [5.41, 5.74) is -0.474. The summed E-state index contributed by atoms with van der Waals surface area (Å²) in [5, 5.41) is 6.08. The van der Waals surface area contributed by atoms with Crippen LogP contribution >= 0.6 is 0 Å². The molecule has 6 nitrogen and oxygen atoms in total. The van der Waals surface area contributed by atoms with Crippen LogP contribution in [0.25, 0.3) is 0 Å². The van der Waals surface area contributed by atoms with Crippen LogP contribution in [0.4, 0.5) is 4.79 Å². The van der Waals surface area contributed by atoms with Crippen LogP contribution in [0.2, 0.25) is 0 Å². The van der Waals surface area contributed by atoms with Crippen molar-refractivity contribution < 1.29 is 19.1 Å². The van der Waals surface area contributed by atoms with E-state index in [1.165, 1.54) is 37.7 Å². The Morgan fingerprint density at radius 3 is 2.14 bits per heavy atom. The van der Waals surface area contributed by atoms with Crippen molar-refractivity contribution in [3.63, 3.8) is 0 Å². The third-order valence-electron chi connectivity index (χ3n) is 16.1. The van der Waals surface area contributed by atoms with Gasteiger partial charge in [-0.3, -0.25) is 9.59 Å². The number of alkyl carbamates (subject to hydrolysis) is 1. The predicted molar refractivity (Wildman–Crippen MR) is 205 cm³/mol. The van der Waals surface area contributed by atoms with Gasteiger partial charge in [0, 0.05) is 5.41 Å². The Hall–Kier alpha value is -2.37. The standard InChI is InChI=1S/C45H69N2O4/c1-28(2)45(27-29-17-14-13-15-18-29)34-30(35(36(45)48)46-37(49)41(8,9)47-38(50)51-39(3,4)5)21-25-43(11)31(34)19-20-33-42(10)24-16-23-40(6,7)32(42)22-26-44(33,43)12/h13-15,17-18,23,28,30-35H,16,19-22,24-27H2,1-12H3,(H,46,49)(H,47,50)/t30-,31-,32-,33-,34+,35-,42-,43-,44-,45-/m0/s1. The van der Waals surface area contributed by atoms with E-state index in [-0.39, 0.29) is 45.7 Å². The van der Waals surface area contributed by atoms with Crippen LogP contribution in [-0.4, -0.2) is 35.0 Å². The van der Waals surface area contributed by atoms with E-state index in [1.54, 1.807) is 34.6 Å². The normalized spacial score (nSPS) is 40.4. The number of hydrogen-bond acceptors (Lipinski definition) is 4. The molecule has 1 aromatic rings. The fourth-order valence-electron chi connectivity index (χ4n) is 13.7. The number of ether oxygens (including phenoxy) is 1. The molecule has 0 aliphatic heterocycles. The van der Waals surface area contributed by atoms with Gasteiger partial charge in [-0.1, -0.05) is 78.8 Å². The van der Waals surface area contributed by atoms with Gasteiger partial charge in [-0.25, -0.2) is 4.79 Å². The fraction of sp³-hybridized carbons (Fsp3) is 0.778. The minimum absolute atomic E-state index is 0.0539. The smallest absolute Gasteiger partial charge is 0.408 e. The number of hydrogen-bond donors (Lipinski definition) is 2. The van der Waals surface area contributed by atoms with Crippen LogP contribution in [0.1, 0.15) is 140 Å². The summed E-state index contributed by atoms with van der Waals surface area (Å²) in [6.45, 7) is 26.2. The number of ketones is 1. The van der Waals surface area contributed by atoms with E-state index >= 15 is 4.79 Å². The summed E-state index contributed by atoms with van der Waals surface area (Å²) in [5.74, 6) is 1.95. The van der Waals surface area contributed by atoms with E-state index in [2.05, 4.69) is 95.9 Å². The lowest BCUT2D eigenvalue weighted by Gasteiger charge is -2.72. The zero-order valence-corrected chi connectivity index (χ0v) is 34.0. The van der Waals surface area contributed by atoms with Crippen molar-refractivity contribution in [3.8, 4) is 0 Å². The van der Waals surface area contributed by atoms with Crippen molar-refractivity contribution in [3.05, 3.63) is 42.3 Å². The minimum Gasteiger partial charge on any atom is -0.444 e. The highest BCUT2D eigenvalue weighted by Gasteiger charge is 2.73. The molecular formula is C45H69N2O4. The van der Waals surface area contributed by atoms with Crippen molar-refractivity contribution in [1.82, 2.24) is 10.6 Å². The van der Waals surface area contributed by atoms with Gasteiger partial charge in [-0.05, 0) is 162 Å². The molecule has 0 aromatic heterocycles. The Labute approximate surface area is 309 Å². The lowest BCUT2D eigenvalue weighted by atomic mass is 9.32. The van der Waals surface area contributed by atoms with Crippen molar-refractivity contribution >= 4 is 17.8 Å². The van der Waals surface area contributed by atoms with Crippen LogP contribution in [0, 0.1) is 69.0 Å². The molecule has 1 radical (unpaired) electrons. The highest BCUT2D eigenvalue weighted by molar-refractivity contribution is 5.98. The third-order valence-corrected chi connectivity index (χ3v) is 16.1. The SMILES string of the molecule is CC(C)[C@]1(Cc2ccccc2)C(=O)[C@@H](NC(=O)C(C)(C)NC(=O)OC(C)(C)C)[C@H]2CC[C@@]3(C)[C@@H](CC[C@H]4[C@@]5(C)CC[CH]C(C)(C)[C@@H]5CC[C@@]43C)[C@@H]21. The molecule has 5 fully saturated rings. The van der Waals surface area contributed by atoms with Crippen LogP contribution < -0.4 is 10.6 Å². The Kier molecular flexibility index (Phi) is 9.48. The Bertz CT molecular complexity index is 1510. The number of benzene rings is 1. The summed E-state index contributed by atoms with van der Waals surface area (Å²) in [4.78, 5) is 42.4. The van der Waals surface area contributed by atoms with Crippen molar-refractivity contribution in [1.29, 1.82) is 0 Å². The second-order valence-corrected chi connectivity index (χ2v) is 20.9. The second kappa shape index (κ2) is 12.6. The van der Waals surface area contributed by atoms with Gasteiger partial charge in [-0.15, -0.1) is 0 Å². The van der Waals surface area contributed by atoms with Gasteiger partial charge < -0.3 is 15.4 Å². The molecule has 2 N–H and O–H groups in total. The van der Waals surface area contributed by atoms with Crippen LogP contribution in [-0.2, 0) is 20.7 Å². The van der Waals surface area contributed by atoms with Crippen LogP contribution in [0.5, 0.6) is 0 Å². The van der Waals surface area contributed by atoms with Crippen LogP contribution in [0.15, 0.2) is 30.3 Å². The van der Waals surface area contributed by atoms with E-state index in [4.69, 9.17) is 4.74 Å². The average Bonchev–Trinajstić information content (AvgIpc) is 3.23. The van der Waals surface area contributed by atoms with Crippen molar-refractivity contribution in [2.75, 3.05) is 0 Å². The van der Waals surface area contributed by atoms with Gasteiger partial charge in [0.2, 0.25) is 5.91 Å². The molecule has 283 valence electrons. The number of rotatable bonds is 6. The highest BCUT2D eigenvalue weighted by Crippen LogP contribution is 2.77. The summed E-state index contributed by atoms with van der Waals surface area (Å²) in [6, 6.07) is 9.99. The maximum absolute atomic E-state index is 15.4. The fourth-order valence-corrected chi connectivity index (χ4v) is 13.7. The first-order chi connectivity index (χ1) is 23.5. The summed E-state index contributed by atoms with van der Waals surface area (Å²) < 4.78 is 5.51. The Balaban J connectivity index is 1.39. The van der Waals surface area contributed by atoms with E-state index in [0.717, 1.165) is 19.3 Å². The molecule has 5 saturated carbocycles. The Morgan fingerprint density at radius 1 is 0.863 bits per heavy atom. The van der Waals surface area contributed by atoms with E-state index in [9.17, 15) is 9.59 Å². The van der Waals surface area contributed by atoms with E-state index < -0.39 is 28.7 Å². The highest BCUT2D eigenvalue weighted by atomic mass is 16.6. The topological polar surface area (TPSA) is 84.5 Å². The lowest BCUT2D eigenvalue weighted by molar-refractivity contribution is -0.230. The largest absolute Gasteiger partial charge is 0.444 e. The van der Waals surface area contributed by atoms with Gasteiger partial charge in [-0.2, -0.15) is 0 Å². The molecule has 0 unspecified atom stereocenters. The lowest BCUT2D eigenvalue weighted by Crippen LogP contribution is -2.65. The Morgan fingerprint density at radius 2 is 1.51 bits per heavy atom. The number of nitrogens with one attached hydrogen (secondary N) is 2. The molecule has 51 heavy (non-hydrogen) atoms. The van der Waals surface area contributed by atoms with Gasteiger partial charge in [0.15, 0.2) is 5.78 Å². The first kappa shape index (κ1) is 38.4. The number of carbonyl (C=O) groups excluding carboxylic acids is 3. The zero-order chi connectivity index (χ0) is 37.6. The van der Waals surface area contributed by atoms with Gasteiger partial charge in [0.25, 0.3) is 0 Å². The quantitative estimate of drug-likeness (QED) is 0.309. The van der Waals surface area contributed by atoms with Gasteiger partial charge in [0.05, 0.1) is 6.04 Å². The second-order valence-electron chi connectivity index (χ2n) is 20.9. The van der Waals surface area contributed by atoms with Crippen LogP contribution in [0.3, 0.4) is 0 Å². The first-order valence-corrected chi connectivity index (χ1v) is 20.3. The predicted octanol–water partition coefficient (Wildman–Crippen LogP) is 9.75. The number of Topliss-reactive ketones (excluding diaryl/α,β-unsaturated/α-hetero) is 1. The van der Waals surface area contributed by atoms with E-state index in [1.807, 2.05) is 0 Å². The average molecular weight is 702 g/mol. The monoisotopic (exact) mass is 702 g/mol. The third kappa shape index (κ3) is 5.99. The maximum atomic E-state index is 15.4. The first-order valence-electron chi connectivity index (χ1n) is 20.3. The van der Waals surface area contributed by atoms with Gasteiger partial charge >= 0.3 is 6.09 Å². The molecule has 5 aliphatic carbocycles. The molecule has 2 amide bonds. The molecule has 0 heterocycles. The summed E-state index contributed by atoms with van der Waals surface area (Å²) in [7, 11) is 0. The van der Waals surface area contributed by atoms with Gasteiger partial charge in [0.1, 0.15) is 11.1 Å². The molecule has 0 saturated heterocycles. The number of fused-ring (bicyclic) bond motifs is 7. The molecule has 10 atom stereocenters. The van der Waals surface area contributed by atoms with Crippen molar-refractivity contribution in [2.24, 2.45) is 62.6 Å². The minimum atomic E-state index is -1.26. The molecule has 5 aliphatic rings. The molecule has 0 spiro atoms. The number of carbonyl (C=O) groups is 3. The maximum Gasteiger partial charge on any atom is 0.408 e.